The fourth-order valence-electron chi connectivity index (χ4n) is 3.55. The van der Waals surface area contributed by atoms with E-state index in [9.17, 15) is 14.4 Å². The maximum atomic E-state index is 12.7. The molecule has 0 spiro atoms. The molecule has 2 N–H and O–H groups in total. The predicted molar refractivity (Wildman–Crippen MR) is 99.5 cm³/mol. The zero-order valence-electron chi connectivity index (χ0n) is 15.8. The number of carbonyl (C=O) groups excluding carboxylic acids is 3. The van der Waals surface area contributed by atoms with Crippen LogP contribution in [0.5, 0.6) is 0 Å². The smallest absolute Gasteiger partial charge is 0.255 e. The Hall–Kier alpha value is -2.29. The van der Waals surface area contributed by atoms with Crippen LogP contribution in [0.2, 0.25) is 0 Å². The van der Waals surface area contributed by atoms with Gasteiger partial charge in [0.05, 0.1) is 26.4 Å². The summed E-state index contributed by atoms with van der Waals surface area (Å²) in [7, 11) is 0. The summed E-state index contributed by atoms with van der Waals surface area (Å²) in [6.45, 7) is 2.32. The van der Waals surface area contributed by atoms with Gasteiger partial charge in [0.1, 0.15) is 6.04 Å². The summed E-state index contributed by atoms with van der Waals surface area (Å²) in [6.07, 6.45) is 2.31. The molecule has 28 heavy (non-hydrogen) atoms. The number of fused-ring (bicyclic) bond motifs is 1. The molecule has 0 aliphatic carbocycles. The average molecular weight is 390 g/mol. The zero-order chi connectivity index (χ0) is 19.9. The molecule has 2 aliphatic heterocycles. The molecule has 152 valence electrons. The monoisotopic (exact) mass is 390 g/mol. The summed E-state index contributed by atoms with van der Waals surface area (Å²) < 4.78 is 10.6. The number of amides is 3. The largest absolute Gasteiger partial charge is 0.394 e. The fourth-order valence-corrected chi connectivity index (χ4v) is 3.55. The number of nitrogens with zero attached hydrogens (tertiary/aromatic N) is 1. The molecule has 1 atom stereocenters. The average Bonchev–Trinajstić information content (AvgIpc) is 3.00. The highest BCUT2D eigenvalue weighted by Crippen LogP contribution is 2.28. The van der Waals surface area contributed by atoms with E-state index >= 15 is 0 Å². The van der Waals surface area contributed by atoms with Crippen LogP contribution in [0.15, 0.2) is 18.2 Å². The Balaban J connectivity index is 1.48. The lowest BCUT2D eigenvalue weighted by Gasteiger charge is -2.29. The second-order valence-electron chi connectivity index (χ2n) is 6.94. The van der Waals surface area contributed by atoms with Gasteiger partial charge in [-0.05, 0) is 36.5 Å². The van der Waals surface area contributed by atoms with Crippen LogP contribution in [-0.2, 0) is 32.0 Å². The van der Waals surface area contributed by atoms with Gasteiger partial charge >= 0.3 is 0 Å². The summed E-state index contributed by atoms with van der Waals surface area (Å²) in [5.41, 5.74) is 2.67. The summed E-state index contributed by atoms with van der Waals surface area (Å²) in [5.74, 6) is -0.824. The maximum Gasteiger partial charge on any atom is 0.255 e. The molecular weight excluding hydrogens is 364 g/mol. The van der Waals surface area contributed by atoms with Gasteiger partial charge in [0.15, 0.2) is 0 Å². The van der Waals surface area contributed by atoms with Crippen LogP contribution in [0.1, 0.15) is 40.7 Å². The highest BCUT2D eigenvalue weighted by Gasteiger charge is 2.38. The van der Waals surface area contributed by atoms with E-state index in [4.69, 9.17) is 14.6 Å². The van der Waals surface area contributed by atoms with Crippen molar-refractivity contribution in [2.24, 2.45) is 0 Å². The highest BCUT2D eigenvalue weighted by atomic mass is 16.5. The van der Waals surface area contributed by atoms with Crippen molar-refractivity contribution in [3.63, 3.8) is 0 Å². The lowest BCUT2D eigenvalue weighted by atomic mass is 10.0. The molecule has 8 nitrogen and oxygen atoms in total. The molecule has 0 saturated carbocycles. The number of benzene rings is 1. The van der Waals surface area contributed by atoms with Crippen LogP contribution in [0, 0.1) is 0 Å². The van der Waals surface area contributed by atoms with E-state index in [0.29, 0.717) is 45.0 Å². The second kappa shape index (κ2) is 9.77. The number of hydrogen-bond donors (Lipinski definition) is 2. The minimum Gasteiger partial charge on any atom is -0.394 e. The van der Waals surface area contributed by atoms with Crippen molar-refractivity contribution in [2.45, 2.75) is 38.3 Å². The van der Waals surface area contributed by atoms with Gasteiger partial charge in [0.25, 0.3) is 5.91 Å². The third kappa shape index (κ3) is 4.95. The number of hydrogen-bond acceptors (Lipinski definition) is 6. The number of ether oxygens (including phenoxy) is 2. The highest BCUT2D eigenvalue weighted by molar-refractivity contribution is 6.05. The van der Waals surface area contributed by atoms with E-state index in [1.165, 1.54) is 0 Å². The van der Waals surface area contributed by atoms with E-state index in [1.54, 1.807) is 4.90 Å². The van der Waals surface area contributed by atoms with Crippen molar-refractivity contribution in [3.8, 4) is 0 Å². The van der Waals surface area contributed by atoms with Crippen LogP contribution in [0.25, 0.3) is 0 Å². The normalized spacial score (nSPS) is 19.1. The van der Waals surface area contributed by atoms with Gasteiger partial charge in [-0.25, -0.2) is 0 Å². The minimum absolute atomic E-state index is 0.0157. The Labute approximate surface area is 163 Å². The van der Waals surface area contributed by atoms with Gasteiger partial charge in [0, 0.05) is 25.1 Å². The van der Waals surface area contributed by atoms with Gasteiger partial charge < -0.3 is 19.5 Å². The lowest BCUT2D eigenvalue weighted by Crippen LogP contribution is -2.52. The quantitative estimate of drug-likeness (QED) is 0.443. The van der Waals surface area contributed by atoms with Crippen molar-refractivity contribution < 1.29 is 29.0 Å². The Morgan fingerprint density at radius 1 is 1.11 bits per heavy atom. The van der Waals surface area contributed by atoms with Crippen molar-refractivity contribution in [1.82, 2.24) is 10.2 Å². The molecule has 1 aromatic rings. The molecule has 0 radical (unpaired) electrons. The number of imide groups is 1. The molecule has 1 unspecified atom stereocenters. The summed E-state index contributed by atoms with van der Waals surface area (Å²) in [6, 6.07) is 5.20. The molecule has 3 rings (SSSR count). The van der Waals surface area contributed by atoms with Crippen molar-refractivity contribution in [3.05, 3.63) is 34.9 Å². The van der Waals surface area contributed by atoms with Crippen molar-refractivity contribution in [2.75, 3.05) is 33.0 Å². The molecule has 8 heteroatoms. The number of carbonyl (C=O) groups is 3. The second-order valence-corrected chi connectivity index (χ2v) is 6.94. The maximum absolute atomic E-state index is 12.7. The topological polar surface area (TPSA) is 105 Å². The third-order valence-corrected chi connectivity index (χ3v) is 4.95. The van der Waals surface area contributed by atoms with Gasteiger partial charge in [-0.15, -0.1) is 0 Å². The predicted octanol–water partition coefficient (Wildman–Crippen LogP) is 0.406. The molecule has 1 fully saturated rings. The van der Waals surface area contributed by atoms with E-state index in [2.05, 4.69) is 5.32 Å². The third-order valence-electron chi connectivity index (χ3n) is 4.95. The summed E-state index contributed by atoms with van der Waals surface area (Å²) in [5, 5.41) is 10.9. The molecular formula is C20H26N2O6. The van der Waals surface area contributed by atoms with E-state index < -0.39 is 11.9 Å². The van der Waals surface area contributed by atoms with Crippen LogP contribution in [-0.4, -0.2) is 66.8 Å². The SMILES string of the molecule is O=C1CCC(N2Cc3cc(CCCOCCOCCO)ccc3C2=O)C(=O)N1. The van der Waals surface area contributed by atoms with Crippen molar-refractivity contribution in [1.29, 1.82) is 0 Å². The number of piperidine rings is 1. The summed E-state index contributed by atoms with van der Waals surface area (Å²) >= 11 is 0. The first kappa shape index (κ1) is 20.4. The Bertz CT molecular complexity index is 735. The summed E-state index contributed by atoms with van der Waals surface area (Å²) in [4.78, 5) is 37.6. The Morgan fingerprint density at radius 3 is 2.64 bits per heavy atom. The molecule has 1 saturated heterocycles. The van der Waals surface area contributed by atoms with Crippen molar-refractivity contribution >= 4 is 17.7 Å². The first-order chi connectivity index (χ1) is 13.6. The Kier molecular flexibility index (Phi) is 7.13. The van der Waals surface area contributed by atoms with E-state index in [-0.39, 0.29) is 24.8 Å². The van der Waals surface area contributed by atoms with Gasteiger partial charge in [-0.3, -0.25) is 19.7 Å². The van der Waals surface area contributed by atoms with Crippen LogP contribution >= 0.6 is 0 Å². The Morgan fingerprint density at radius 2 is 1.89 bits per heavy atom. The minimum atomic E-state index is -0.581. The molecule has 2 aliphatic rings. The molecule has 0 aromatic heterocycles. The van der Waals surface area contributed by atoms with E-state index in [0.717, 1.165) is 24.0 Å². The zero-order valence-corrected chi connectivity index (χ0v) is 15.8. The molecule has 1 aromatic carbocycles. The number of aliphatic hydroxyl groups excluding tert-OH is 1. The number of aliphatic hydroxyl groups is 1. The molecule has 3 amide bonds. The van der Waals surface area contributed by atoms with Gasteiger partial charge in [0.2, 0.25) is 11.8 Å². The standard InChI is InChI=1S/C20H26N2O6/c23-7-9-28-11-10-27-8-1-2-14-3-4-16-15(12-14)13-22(20(16)26)17-5-6-18(24)21-19(17)25/h3-4,12,17,23H,1-2,5-11,13H2,(H,21,24,25). The van der Waals surface area contributed by atoms with Gasteiger partial charge in [-0.2, -0.15) is 0 Å². The first-order valence-corrected chi connectivity index (χ1v) is 9.63. The van der Waals surface area contributed by atoms with Crippen LogP contribution in [0.4, 0.5) is 0 Å². The van der Waals surface area contributed by atoms with Crippen LogP contribution < -0.4 is 5.32 Å². The first-order valence-electron chi connectivity index (χ1n) is 9.63. The van der Waals surface area contributed by atoms with Crippen LogP contribution in [0.3, 0.4) is 0 Å². The number of nitrogens with one attached hydrogen (secondary N) is 1. The van der Waals surface area contributed by atoms with Gasteiger partial charge in [-0.1, -0.05) is 12.1 Å². The lowest BCUT2D eigenvalue weighted by molar-refractivity contribution is -0.136. The molecule has 0 bridgehead atoms. The fraction of sp³-hybridized carbons (Fsp3) is 0.550. The molecule has 2 heterocycles. The van der Waals surface area contributed by atoms with E-state index in [1.807, 2.05) is 18.2 Å². The number of rotatable bonds is 10. The number of aryl methyl sites for hydroxylation is 1.